The van der Waals surface area contributed by atoms with Crippen LogP contribution in [-0.2, 0) is 0 Å². The van der Waals surface area contributed by atoms with E-state index in [4.69, 9.17) is 11.6 Å². The molecule has 8 heteroatoms. The predicted molar refractivity (Wildman–Crippen MR) is 126 cm³/mol. The first-order valence-electron chi connectivity index (χ1n) is 10.6. The summed E-state index contributed by atoms with van der Waals surface area (Å²) in [5, 5.41) is 3.80. The molecule has 1 fully saturated rings. The molecular formula is C24H22ClN5O2. The van der Waals surface area contributed by atoms with Crippen molar-refractivity contribution in [2.24, 2.45) is 0 Å². The molecule has 32 heavy (non-hydrogen) atoms. The third-order valence-electron chi connectivity index (χ3n) is 5.87. The summed E-state index contributed by atoms with van der Waals surface area (Å²) in [6, 6.07) is 18.6. The van der Waals surface area contributed by atoms with Crippen LogP contribution in [0.2, 0.25) is 5.02 Å². The number of imidazole rings is 1. The van der Waals surface area contributed by atoms with Crippen LogP contribution in [0.4, 0.5) is 11.5 Å². The first kappa shape index (κ1) is 20.3. The van der Waals surface area contributed by atoms with Gasteiger partial charge in [0.25, 0.3) is 5.91 Å². The number of hydrogen-bond acceptors (Lipinski definition) is 4. The first-order valence-corrected chi connectivity index (χ1v) is 10.9. The lowest BCUT2D eigenvalue weighted by atomic mass is 10.0. The molecule has 4 aromatic rings. The van der Waals surface area contributed by atoms with Crippen LogP contribution in [0.5, 0.6) is 0 Å². The first-order chi connectivity index (χ1) is 15.6. The summed E-state index contributed by atoms with van der Waals surface area (Å²) in [5.74, 6) is 0.419. The van der Waals surface area contributed by atoms with Crippen molar-refractivity contribution in [2.45, 2.75) is 18.9 Å². The second kappa shape index (κ2) is 8.51. The van der Waals surface area contributed by atoms with E-state index in [1.165, 1.54) is 0 Å². The molecule has 1 aliphatic heterocycles. The van der Waals surface area contributed by atoms with Gasteiger partial charge in [-0.2, -0.15) is 0 Å². The molecule has 2 N–H and O–H groups in total. The Labute approximate surface area is 189 Å². The van der Waals surface area contributed by atoms with Crippen LogP contribution in [0, 0.1) is 0 Å². The molecule has 0 saturated carbocycles. The van der Waals surface area contributed by atoms with Gasteiger partial charge in [-0.1, -0.05) is 29.8 Å². The maximum atomic E-state index is 13.3. The third kappa shape index (κ3) is 3.87. The second-order valence-electron chi connectivity index (χ2n) is 7.88. The largest absolute Gasteiger partial charge is 0.340 e. The van der Waals surface area contributed by atoms with E-state index in [9.17, 15) is 9.59 Å². The molecule has 1 saturated heterocycles. The minimum absolute atomic E-state index is 0.0562. The zero-order valence-electron chi connectivity index (χ0n) is 17.3. The van der Waals surface area contributed by atoms with Crippen LogP contribution in [-0.4, -0.2) is 38.4 Å². The number of aromatic nitrogens is 3. The number of fused-ring (bicyclic) bond motifs is 1. The number of anilines is 2. The Kier molecular flexibility index (Phi) is 5.41. The van der Waals surface area contributed by atoms with E-state index < -0.39 is 0 Å². The van der Waals surface area contributed by atoms with Crippen molar-refractivity contribution in [3.8, 4) is 0 Å². The Hall–Kier alpha value is -3.58. The van der Waals surface area contributed by atoms with Gasteiger partial charge < -0.3 is 15.2 Å². The molecule has 7 nitrogen and oxygen atoms in total. The summed E-state index contributed by atoms with van der Waals surface area (Å²) in [6.45, 7) is 1.14. The highest BCUT2D eigenvalue weighted by molar-refractivity contribution is 6.30. The number of H-pyrrole nitrogens is 1. The number of benzene rings is 2. The molecule has 5 rings (SSSR count). The van der Waals surface area contributed by atoms with Gasteiger partial charge in [0, 0.05) is 36.0 Å². The molecule has 0 bridgehead atoms. The zero-order valence-corrected chi connectivity index (χ0v) is 18.0. The predicted octanol–water partition coefficient (Wildman–Crippen LogP) is 4.60. The van der Waals surface area contributed by atoms with Crippen LogP contribution in [0.3, 0.4) is 0 Å². The van der Waals surface area contributed by atoms with Crippen LogP contribution >= 0.6 is 11.6 Å². The van der Waals surface area contributed by atoms with E-state index in [1.807, 2.05) is 45.9 Å². The van der Waals surface area contributed by atoms with E-state index in [0.29, 0.717) is 42.3 Å². The fourth-order valence-corrected chi connectivity index (χ4v) is 4.50. The van der Waals surface area contributed by atoms with Gasteiger partial charge in [-0.15, -0.1) is 0 Å². The van der Waals surface area contributed by atoms with Crippen molar-refractivity contribution in [3.63, 3.8) is 0 Å². The SMILES string of the molecule is O=C(c1cccnc1Nc1cccc(Cl)c1)N1CCC(n2c(=O)[nH]c3ccccc32)CC1. The topological polar surface area (TPSA) is 83.0 Å². The smallest absolute Gasteiger partial charge is 0.326 e. The standard InChI is InChI=1S/C24H22ClN5O2/c25-16-5-3-6-17(15-16)27-22-19(7-4-12-26-22)23(31)29-13-10-18(11-14-29)30-21-9-2-1-8-20(21)28-24(30)32/h1-9,12,15,18H,10-11,13-14H2,(H,26,27)(H,28,32). The van der Waals surface area contributed by atoms with Crippen molar-refractivity contribution >= 4 is 40.0 Å². The minimum Gasteiger partial charge on any atom is -0.340 e. The molecule has 3 heterocycles. The number of nitrogens with one attached hydrogen (secondary N) is 2. The zero-order chi connectivity index (χ0) is 22.1. The second-order valence-corrected chi connectivity index (χ2v) is 8.31. The van der Waals surface area contributed by atoms with Gasteiger partial charge in [-0.25, -0.2) is 9.78 Å². The molecule has 0 radical (unpaired) electrons. The molecule has 1 amide bonds. The highest BCUT2D eigenvalue weighted by Crippen LogP contribution is 2.27. The van der Waals surface area contributed by atoms with E-state index in [2.05, 4.69) is 15.3 Å². The lowest BCUT2D eigenvalue weighted by Gasteiger charge is -2.33. The Morgan fingerprint density at radius 1 is 1.06 bits per heavy atom. The number of pyridine rings is 1. The van der Waals surface area contributed by atoms with Crippen LogP contribution in [0.15, 0.2) is 71.7 Å². The fraction of sp³-hybridized carbons (Fsp3) is 0.208. The summed E-state index contributed by atoms with van der Waals surface area (Å²) in [5.41, 5.74) is 2.92. The number of piperidine rings is 1. The number of aromatic amines is 1. The summed E-state index contributed by atoms with van der Waals surface area (Å²) < 4.78 is 1.83. The van der Waals surface area contributed by atoms with Gasteiger partial charge in [-0.05, 0) is 55.3 Å². The number of likely N-dealkylation sites (tertiary alicyclic amines) is 1. The number of halogens is 1. The lowest BCUT2D eigenvalue weighted by Crippen LogP contribution is -2.40. The number of nitrogens with zero attached hydrogens (tertiary/aromatic N) is 3. The summed E-state index contributed by atoms with van der Waals surface area (Å²) >= 11 is 6.08. The van der Waals surface area contributed by atoms with Gasteiger partial charge >= 0.3 is 5.69 Å². The van der Waals surface area contributed by atoms with Crippen molar-refractivity contribution in [1.29, 1.82) is 0 Å². The molecule has 0 spiro atoms. The van der Waals surface area contributed by atoms with E-state index in [1.54, 1.807) is 30.5 Å². The van der Waals surface area contributed by atoms with Gasteiger partial charge in [0.1, 0.15) is 5.82 Å². The molecular weight excluding hydrogens is 426 g/mol. The van der Waals surface area contributed by atoms with Crippen LogP contribution in [0.25, 0.3) is 11.0 Å². The molecule has 0 atom stereocenters. The van der Waals surface area contributed by atoms with Crippen molar-refractivity contribution in [2.75, 3.05) is 18.4 Å². The average molecular weight is 448 g/mol. The lowest BCUT2D eigenvalue weighted by molar-refractivity contribution is 0.0695. The molecule has 162 valence electrons. The molecule has 0 aliphatic carbocycles. The number of carbonyl (C=O) groups is 1. The van der Waals surface area contributed by atoms with Crippen LogP contribution < -0.4 is 11.0 Å². The Balaban J connectivity index is 1.33. The van der Waals surface area contributed by atoms with Gasteiger partial charge in [0.05, 0.1) is 16.6 Å². The number of amides is 1. The summed E-state index contributed by atoms with van der Waals surface area (Å²) in [7, 11) is 0. The molecule has 2 aromatic heterocycles. The highest BCUT2D eigenvalue weighted by atomic mass is 35.5. The van der Waals surface area contributed by atoms with Crippen LogP contribution in [0.1, 0.15) is 29.2 Å². The molecule has 2 aromatic carbocycles. The number of rotatable bonds is 4. The van der Waals surface area contributed by atoms with Gasteiger partial charge in [0.15, 0.2) is 0 Å². The maximum Gasteiger partial charge on any atom is 0.326 e. The monoisotopic (exact) mass is 447 g/mol. The summed E-state index contributed by atoms with van der Waals surface area (Å²) in [6.07, 6.45) is 3.08. The Bertz CT molecular complexity index is 1340. The minimum atomic E-state index is -0.101. The van der Waals surface area contributed by atoms with Crippen molar-refractivity contribution < 1.29 is 4.79 Å². The normalized spacial score (nSPS) is 14.6. The van der Waals surface area contributed by atoms with Gasteiger partial charge in [0.2, 0.25) is 0 Å². The van der Waals surface area contributed by atoms with Crippen molar-refractivity contribution in [3.05, 3.63) is 87.9 Å². The third-order valence-corrected chi connectivity index (χ3v) is 6.10. The average Bonchev–Trinajstić information content (AvgIpc) is 3.15. The molecule has 0 unspecified atom stereocenters. The van der Waals surface area contributed by atoms with Crippen molar-refractivity contribution in [1.82, 2.24) is 19.4 Å². The molecule has 1 aliphatic rings. The quantitative estimate of drug-likeness (QED) is 0.479. The highest BCUT2D eigenvalue weighted by Gasteiger charge is 2.28. The number of para-hydroxylation sites is 2. The Morgan fingerprint density at radius 3 is 2.69 bits per heavy atom. The number of hydrogen-bond donors (Lipinski definition) is 2. The fourth-order valence-electron chi connectivity index (χ4n) is 4.31. The summed E-state index contributed by atoms with van der Waals surface area (Å²) in [4.78, 5) is 34.9. The van der Waals surface area contributed by atoms with Gasteiger partial charge in [-0.3, -0.25) is 9.36 Å². The van der Waals surface area contributed by atoms with E-state index >= 15 is 0 Å². The van der Waals surface area contributed by atoms with E-state index in [-0.39, 0.29) is 17.6 Å². The van der Waals surface area contributed by atoms with E-state index in [0.717, 1.165) is 16.7 Å². The maximum absolute atomic E-state index is 13.3. The number of carbonyl (C=O) groups excluding carboxylic acids is 1. The Morgan fingerprint density at radius 2 is 1.88 bits per heavy atom.